The number of ether oxygens (including phenoxy) is 1. The molecule has 0 aliphatic rings. The number of amides is 1. The summed E-state index contributed by atoms with van der Waals surface area (Å²) in [6, 6.07) is 15.1. The molecule has 1 heterocycles. The molecule has 1 aromatic heterocycles. The first-order chi connectivity index (χ1) is 17.1. The first-order valence-corrected chi connectivity index (χ1v) is 13.2. The molecule has 0 radical (unpaired) electrons. The van der Waals surface area contributed by atoms with Crippen LogP contribution in [-0.2, 0) is 27.5 Å². The second kappa shape index (κ2) is 11.9. The zero-order valence-electron chi connectivity index (χ0n) is 19.7. The Bertz CT molecular complexity index is 1350. The molecule has 0 saturated carbocycles. The topological polar surface area (TPSA) is 135 Å². The van der Waals surface area contributed by atoms with E-state index < -0.39 is 27.8 Å². The number of benzene rings is 2. The number of rotatable bonds is 11. The lowest BCUT2D eigenvalue weighted by Crippen LogP contribution is -2.42. The number of aliphatic carboxylic acids is 1. The molecule has 1 amide bonds. The van der Waals surface area contributed by atoms with E-state index >= 15 is 0 Å². The van der Waals surface area contributed by atoms with Crippen LogP contribution in [0.25, 0.3) is 0 Å². The van der Waals surface area contributed by atoms with Crippen molar-refractivity contribution in [1.29, 1.82) is 0 Å². The van der Waals surface area contributed by atoms with Crippen LogP contribution in [0.3, 0.4) is 0 Å². The molecule has 36 heavy (non-hydrogen) atoms. The van der Waals surface area contributed by atoms with Crippen molar-refractivity contribution in [2.45, 2.75) is 23.8 Å². The summed E-state index contributed by atoms with van der Waals surface area (Å²) in [4.78, 5) is 28.8. The largest absolute Gasteiger partial charge is 0.493 e. The van der Waals surface area contributed by atoms with Gasteiger partial charge in [-0.3, -0.25) is 4.79 Å². The van der Waals surface area contributed by atoms with Gasteiger partial charge in [-0.25, -0.2) is 18.2 Å². The van der Waals surface area contributed by atoms with Gasteiger partial charge in [-0.2, -0.15) is 0 Å². The van der Waals surface area contributed by atoms with Crippen LogP contribution in [0.15, 0.2) is 65.6 Å². The molecule has 0 fully saturated rings. The van der Waals surface area contributed by atoms with E-state index in [1.54, 1.807) is 31.3 Å². The van der Waals surface area contributed by atoms with Crippen LogP contribution in [0.1, 0.15) is 21.6 Å². The molecular weight excluding hydrogens is 506 g/mol. The van der Waals surface area contributed by atoms with Crippen molar-refractivity contribution in [2.24, 2.45) is 0 Å². The number of aromatic nitrogens is 1. The van der Waals surface area contributed by atoms with Gasteiger partial charge in [-0.15, -0.1) is 0 Å². The summed E-state index contributed by atoms with van der Waals surface area (Å²) in [5.74, 6) is -0.533. The molecule has 3 aromatic rings. The SMILES string of the molecule is CNc1cccc(CCOc2ccc(C[C@H](NC(=O)c3ccc(S(C)(=O)=O)cc3Cl)C(=O)O)cc2)n1. The fraction of sp³-hybridized carbons (Fsp3) is 0.240. The van der Waals surface area contributed by atoms with E-state index in [0.717, 1.165) is 23.8 Å². The molecule has 2 aromatic carbocycles. The molecule has 3 N–H and O–H groups in total. The number of pyridine rings is 1. The fourth-order valence-electron chi connectivity index (χ4n) is 3.34. The number of hydrogen-bond acceptors (Lipinski definition) is 7. The van der Waals surface area contributed by atoms with Gasteiger partial charge in [0.15, 0.2) is 9.84 Å². The third-order valence-corrected chi connectivity index (χ3v) is 6.69. The van der Waals surface area contributed by atoms with E-state index in [0.29, 0.717) is 24.3 Å². The first kappa shape index (κ1) is 27.0. The average molecular weight is 532 g/mol. The molecule has 11 heteroatoms. The summed E-state index contributed by atoms with van der Waals surface area (Å²) >= 11 is 6.07. The zero-order valence-corrected chi connectivity index (χ0v) is 21.3. The number of anilines is 1. The van der Waals surface area contributed by atoms with Crippen LogP contribution in [0.2, 0.25) is 5.02 Å². The second-order valence-electron chi connectivity index (χ2n) is 7.99. The summed E-state index contributed by atoms with van der Waals surface area (Å²) in [5, 5.41) is 14.9. The molecule has 0 unspecified atom stereocenters. The Morgan fingerprint density at radius 1 is 1.11 bits per heavy atom. The maximum absolute atomic E-state index is 12.6. The Kier molecular flexibility index (Phi) is 8.89. The number of carbonyl (C=O) groups is 2. The second-order valence-corrected chi connectivity index (χ2v) is 10.4. The molecule has 0 saturated heterocycles. The number of carboxylic acids is 1. The predicted molar refractivity (Wildman–Crippen MR) is 137 cm³/mol. The van der Waals surface area contributed by atoms with Gasteiger partial charge in [0, 0.05) is 31.8 Å². The maximum atomic E-state index is 12.6. The Labute approximate surface area is 214 Å². The smallest absolute Gasteiger partial charge is 0.326 e. The third kappa shape index (κ3) is 7.43. The van der Waals surface area contributed by atoms with E-state index in [9.17, 15) is 23.1 Å². The summed E-state index contributed by atoms with van der Waals surface area (Å²) in [6.07, 6.45) is 1.68. The molecule has 1 atom stereocenters. The van der Waals surface area contributed by atoms with E-state index in [1.807, 2.05) is 18.2 Å². The highest BCUT2D eigenvalue weighted by molar-refractivity contribution is 7.90. The van der Waals surface area contributed by atoms with Crippen molar-refractivity contribution >= 4 is 39.1 Å². The van der Waals surface area contributed by atoms with Crippen LogP contribution in [-0.4, -0.2) is 56.3 Å². The number of nitrogens with zero attached hydrogens (tertiary/aromatic N) is 1. The van der Waals surface area contributed by atoms with Crippen LogP contribution >= 0.6 is 11.6 Å². The molecule has 0 spiro atoms. The molecular formula is C25H26ClN3O6S. The number of halogens is 1. The quantitative estimate of drug-likeness (QED) is 0.343. The third-order valence-electron chi connectivity index (χ3n) is 5.27. The van der Waals surface area contributed by atoms with E-state index in [-0.39, 0.29) is 21.9 Å². The summed E-state index contributed by atoms with van der Waals surface area (Å²) < 4.78 is 29.1. The minimum atomic E-state index is -3.50. The summed E-state index contributed by atoms with van der Waals surface area (Å²) in [6.45, 7) is 0.423. The van der Waals surface area contributed by atoms with Crippen molar-refractivity contribution in [2.75, 3.05) is 25.2 Å². The predicted octanol–water partition coefficient (Wildman–Crippen LogP) is 3.23. The monoisotopic (exact) mass is 531 g/mol. The maximum Gasteiger partial charge on any atom is 0.326 e. The zero-order chi connectivity index (χ0) is 26.3. The molecule has 3 rings (SSSR count). The van der Waals surface area contributed by atoms with Crippen LogP contribution in [0, 0.1) is 0 Å². The van der Waals surface area contributed by atoms with Crippen LogP contribution < -0.4 is 15.4 Å². The lowest BCUT2D eigenvalue weighted by atomic mass is 10.1. The normalized spacial score (nSPS) is 12.0. The van der Waals surface area contributed by atoms with Crippen molar-refractivity contribution in [3.05, 3.63) is 82.5 Å². The fourth-order valence-corrected chi connectivity index (χ4v) is 4.31. The Balaban J connectivity index is 1.59. The van der Waals surface area contributed by atoms with Crippen molar-refractivity contribution < 1.29 is 27.9 Å². The van der Waals surface area contributed by atoms with Crippen LogP contribution in [0.5, 0.6) is 5.75 Å². The highest BCUT2D eigenvalue weighted by atomic mass is 35.5. The Morgan fingerprint density at radius 2 is 1.83 bits per heavy atom. The van der Waals surface area contributed by atoms with Crippen molar-refractivity contribution in [3.8, 4) is 5.75 Å². The van der Waals surface area contributed by atoms with Gasteiger partial charge in [0.05, 0.1) is 22.1 Å². The van der Waals surface area contributed by atoms with Crippen molar-refractivity contribution in [1.82, 2.24) is 10.3 Å². The van der Waals surface area contributed by atoms with Gasteiger partial charge in [-0.1, -0.05) is 29.8 Å². The minimum absolute atomic E-state index is 0.0196. The molecule has 0 bridgehead atoms. The molecule has 190 valence electrons. The van der Waals surface area contributed by atoms with E-state index in [2.05, 4.69) is 15.6 Å². The first-order valence-electron chi connectivity index (χ1n) is 11.0. The standard InChI is InChI=1S/C25H26ClN3O6S/c1-27-23-5-3-4-17(28-23)12-13-35-18-8-6-16(7-9-18)14-22(25(31)32)29-24(30)20-11-10-19(15-21(20)26)36(2,33)34/h3-11,15,22H,12-14H2,1-2H3,(H,27,28)(H,29,30)(H,31,32)/t22-/m0/s1. The van der Waals surface area contributed by atoms with Gasteiger partial charge in [0.2, 0.25) is 0 Å². The summed E-state index contributed by atoms with van der Waals surface area (Å²) in [5.41, 5.74) is 1.55. The number of carbonyl (C=O) groups excluding carboxylic acids is 1. The molecule has 0 aliphatic heterocycles. The Hall–Kier alpha value is -3.63. The van der Waals surface area contributed by atoms with E-state index in [1.165, 1.54) is 12.1 Å². The average Bonchev–Trinajstić information content (AvgIpc) is 2.84. The van der Waals surface area contributed by atoms with Gasteiger partial charge in [0.25, 0.3) is 5.91 Å². The van der Waals surface area contributed by atoms with Gasteiger partial charge < -0.3 is 20.5 Å². The lowest BCUT2D eigenvalue weighted by Gasteiger charge is -2.16. The van der Waals surface area contributed by atoms with Gasteiger partial charge in [0.1, 0.15) is 17.6 Å². The number of carboxylic acid groups (broad SMARTS) is 1. The molecule has 9 nitrogen and oxygen atoms in total. The van der Waals surface area contributed by atoms with Crippen molar-refractivity contribution in [3.63, 3.8) is 0 Å². The lowest BCUT2D eigenvalue weighted by molar-refractivity contribution is -0.139. The highest BCUT2D eigenvalue weighted by Crippen LogP contribution is 2.21. The number of nitrogens with one attached hydrogen (secondary N) is 2. The van der Waals surface area contributed by atoms with Crippen LogP contribution in [0.4, 0.5) is 5.82 Å². The summed E-state index contributed by atoms with van der Waals surface area (Å²) in [7, 11) is -1.69. The Morgan fingerprint density at radius 3 is 2.44 bits per heavy atom. The number of hydrogen-bond donors (Lipinski definition) is 3. The number of sulfone groups is 1. The van der Waals surface area contributed by atoms with E-state index in [4.69, 9.17) is 16.3 Å². The van der Waals surface area contributed by atoms with Gasteiger partial charge >= 0.3 is 5.97 Å². The highest BCUT2D eigenvalue weighted by Gasteiger charge is 2.23. The molecule has 0 aliphatic carbocycles. The minimum Gasteiger partial charge on any atom is -0.493 e. The van der Waals surface area contributed by atoms with Gasteiger partial charge in [-0.05, 0) is 48.0 Å².